The topological polar surface area (TPSA) is 79.0 Å². The second-order valence-electron chi connectivity index (χ2n) is 7.23. The summed E-state index contributed by atoms with van der Waals surface area (Å²) in [5.41, 5.74) is 4.02. The number of methoxy groups -OCH3 is 1. The van der Waals surface area contributed by atoms with Crippen LogP contribution in [0.5, 0.6) is 5.75 Å². The van der Waals surface area contributed by atoms with Crippen LogP contribution in [0.15, 0.2) is 42.5 Å². The predicted octanol–water partition coefficient (Wildman–Crippen LogP) is 1.99. The molecule has 1 N–H and O–H groups in total. The number of ether oxygens (including phenoxy) is 1. The fraction of sp³-hybridized carbons (Fsp3) is 0.381. The molecule has 1 amide bonds. The van der Waals surface area contributed by atoms with E-state index < -0.39 is 10.2 Å². The first kappa shape index (κ1) is 21.3. The molecule has 2 aromatic carbocycles. The molecule has 0 aromatic heterocycles. The Morgan fingerprint density at radius 1 is 1.10 bits per heavy atom. The summed E-state index contributed by atoms with van der Waals surface area (Å²) < 4.78 is 33.5. The van der Waals surface area contributed by atoms with Crippen molar-refractivity contribution in [3.8, 4) is 5.75 Å². The second-order valence-corrected chi connectivity index (χ2v) is 9.16. The summed E-state index contributed by atoms with van der Waals surface area (Å²) in [5.74, 6) is 0.380. The van der Waals surface area contributed by atoms with Gasteiger partial charge in [0.1, 0.15) is 5.75 Å². The van der Waals surface area contributed by atoms with Crippen LogP contribution in [-0.4, -0.2) is 49.7 Å². The summed E-state index contributed by atoms with van der Waals surface area (Å²) in [7, 11) is -2.08. The lowest BCUT2D eigenvalue weighted by atomic mass is 10.1. The number of rotatable bonds is 7. The van der Waals surface area contributed by atoms with Gasteiger partial charge in [0.25, 0.3) is 10.2 Å². The van der Waals surface area contributed by atoms with Gasteiger partial charge in [-0.05, 0) is 42.7 Å². The molecule has 0 radical (unpaired) electrons. The number of aryl methyl sites for hydroxylation is 2. The van der Waals surface area contributed by atoms with Crippen LogP contribution in [0, 0.1) is 13.8 Å². The molecule has 0 spiro atoms. The summed E-state index contributed by atoms with van der Waals surface area (Å²) in [5, 5.41) is 2.78. The Balaban J connectivity index is 1.58. The summed E-state index contributed by atoms with van der Waals surface area (Å²) in [4.78, 5) is 12.3. The highest BCUT2D eigenvalue weighted by Gasteiger charge is 2.37. The molecule has 0 unspecified atom stereocenters. The first-order valence-electron chi connectivity index (χ1n) is 9.50. The molecule has 7 nitrogen and oxygen atoms in total. The fourth-order valence-electron chi connectivity index (χ4n) is 3.30. The average Bonchev–Trinajstić information content (AvgIpc) is 2.97. The van der Waals surface area contributed by atoms with Gasteiger partial charge in [0.05, 0.1) is 13.7 Å². The molecule has 1 aliphatic heterocycles. The van der Waals surface area contributed by atoms with Crippen molar-refractivity contribution in [2.45, 2.75) is 26.9 Å². The van der Waals surface area contributed by atoms with Crippen LogP contribution < -0.4 is 10.1 Å². The van der Waals surface area contributed by atoms with Crippen LogP contribution in [0.4, 0.5) is 0 Å². The highest BCUT2D eigenvalue weighted by atomic mass is 32.2. The lowest BCUT2D eigenvalue weighted by Crippen LogP contribution is -2.40. The molecule has 0 aliphatic carbocycles. The van der Waals surface area contributed by atoms with E-state index in [0.717, 1.165) is 22.3 Å². The lowest BCUT2D eigenvalue weighted by Gasteiger charge is -2.19. The minimum absolute atomic E-state index is 0.185. The molecule has 1 aliphatic rings. The summed E-state index contributed by atoms with van der Waals surface area (Å²) in [6.45, 7) is 5.09. The van der Waals surface area contributed by atoms with Crippen LogP contribution >= 0.6 is 0 Å². The molecule has 0 saturated carbocycles. The van der Waals surface area contributed by atoms with E-state index in [4.69, 9.17) is 4.74 Å². The lowest BCUT2D eigenvalue weighted by molar-refractivity contribution is -0.121. The molecular formula is C21H27N3O4S. The number of hydrogen-bond donors (Lipinski definition) is 1. The van der Waals surface area contributed by atoms with Crippen LogP contribution in [0.25, 0.3) is 0 Å². The van der Waals surface area contributed by atoms with Crippen molar-refractivity contribution in [2.24, 2.45) is 0 Å². The predicted molar refractivity (Wildman–Crippen MR) is 112 cm³/mol. The van der Waals surface area contributed by atoms with Gasteiger partial charge < -0.3 is 10.1 Å². The van der Waals surface area contributed by atoms with Gasteiger partial charge in [0.2, 0.25) is 5.91 Å². The third-order valence-electron chi connectivity index (χ3n) is 5.05. The van der Waals surface area contributed by atoms with Gasteiger partial charge in [-0.3, -0.25) is 4.79 Å². The van der Waals surface area contributed by atoms with Gasteiger partial charge in [-0.15, -0.1) is 0 Å². The highest BCUT2D eigenvalue weighted by Crippen LogP contribution is 2.21. The zero-order valence-electron chi connectivity index (χ0n) is 17.0. The minimum atomic E-state index is -3.66. The third kappa shape index (κ3) is 5.14. The second kappa shape index (κ2) is 8.94. The monoisotopic (exact) mass is 417 g/mol. The van der Waals surface area contributed by atoms with Gasteiger partial charge in [0.15, 0.2) is 0 Å². The van der Waals surface area contributed by atoms with E-state index in [9.17, 15) is 13.2 Å². The average molecular weight is 418 g/mol. The number of nitrogens with one attached hydrogen (secondary N) is 1. The maximum Gasteiger partial charge on any atom is 0.282 e. The van der Waals surface area contributed by atoms with E-state index in [1.165, 1.54) is 8.61 Å². The Labute approximate surface area is 172 Å². The molecule has 29 heavy (non-hydrogen) atoms. The minimum Gasteiger partial charge on any atom is -0.497 e. The van der Waals surface area contributed by atoms with Crippen molar-refractivity contribution in [3.05, 3.63) is 64.7 Å². The first-order valence-corrected chi connectivity index (χ1v) is 10.9. The number of amides is 1. The highest BCUT2D eigenvalue weighted by molar-refractivity contribution is 7.87. The zero-order chi connectivity index (χ0) is 21.0. The van der Waals surface area contributed by atoms with E-state index in [0.29, 0.717) is 31.9 Å². The van der Waals surface area contributed by atoms with Crippen LogP contribution in [0.1, 0.15) is 22.3 Å². The summed E-state index contributed by atoms with van der Waals surface area (Å²) in [6.07, 6.45) is 0. The van der Waals surface area contributed by atoms with Crippen molar-refractivity contribution in [2.75, 3.05) is 26.7 Å². The fourth-order valence-corrected chi connectivity index (χ4v) is 4.83. The van der Waals surface area contributed by atoms with E-state index >= 15 is 0 Å². The van der Waals surface area contributed by atoms with Crippen LogP contribution in [0.3, 0.4) is 0 Å². The smallest absolute Gasteiger partial charge is 0.282 e. The Hall–Kier alpha value is -2.42. The Bertz CT molecular complexity index is 991. The molecule has 1 heterocycles. The summed E-state index contributed by atoms with van der Waals surface area (Å²) >= 11 is 0. The van der Waals surface area contributed by atoms with Crippen molar-refractivity contribution in [1.82, 2.24) is 13.9 Å². The Kier molecular flexibility index (Phi) is 6.56. The normalized spacial score (nSPS) is 16.7. The number of carbonyl (C=O) groups excluding carboxylic acids is 1. The molecule has 0 atom stereocenters. The van der Waals surface area contributed by atoms with Crippen LogP contribution in [0.2, 0.25) is 0 Å². The van der Waals surface area contributed by atoms with E-state index in [1.807, 2.05) is 56.3 Å². The van der Waals surface area contributed by atoms with Gasteiger partial charge in [-0.25, -0.2) is 0 Å². The third-order valence-corrected chi connectivity index (χ3v) is 6.98. The number of carbonyl (C=O) groups is 1. The molecule has 3 rings (SSSR count). The largest absolute Gasteiger partial charge is 0.497 e. The molecular weight excluding hydrogens is 390 g/mol. The van der Waals surface area contributed by atoms with Gasteiger partial charge in [0, 0.05) is 26.2 Å². The Morgan fingerprint density at radius 2 is 1.86 bits per heavy atom. The van der Waals surface area contributed by atoms with Crippen molar-refractivity contribution in [1.29, 1.82) is 0 Å². The van der Waals surface area contributed by atoms with Crippen molar-refractivity contribution >= 4 is 16.1 Å². The van der Waals surface area contributed by atoms with Crippen molar-refractivity contribution < 1.29 is 17.9 Å². The zero-order valence-corrected chi connectivity index (χ0v) is 17.8. The first-order chi connectivity index (χ1) is 13.8. The molecule has 156 valence electrons. The molecule has 1 saturated heterocycles. The molecule has 0 bridgehead atoms. The van der Waals surface area contributed by atoms with E-state index in [2.05, 4.69) is 5.32 Å². The maximum absolute atomic E-state index is 12.8. The van der Waals surface area contributed by atoms with Crippen LogP contribution in [-0.2, 0) is 28.1 Å². The van der Waals surface area contributed by atoms with Gasteiger partial charge in [-0.2, -0.15) is 17.0 Å². The Morgan fingerprint density at radius 3 is 2.62 bits per heavy atom. The van der Waals surface area contributed by atoms with Gasteiger partial charge in [-0.1, -0.05) is 35.9 Å². The molecule has 1 fully saturated rings. The standard InChI is InChI=1S/C21H27N3O4S/c1-16-7-8-17(2)19(11-16)14-23-9-10-24(29(23,26)27)15-21(25)22-13-18-5-4-6-20(12-18)28-3/h4-8,11-12H,9-10,13-15H2,1-3H3,(H,22,25). The quantitative estimate of drug-likeness (QED) is 0.747. The van der Waals surface area contributed by atoms with Crippen molar-refractivity contribution in [3.63, 3.8) is 0 Å². The molecule has 2 aromatic rings. The number of hydrogen-bond acceptors (Lipinski definition) is 4. The molecule has 8 heteroatoms. The van der Waals surface area contributed by atoms with Gasteiger partial charge >= 0.3 is 0 Å². The maximum atomic E-state index is 12.8. The van der Waals surface area contributed by atoms with E-state index in [-0.39, 0.29) is 12.5 Å². The SMILES string of the molecule is COc1cccc(CNC(=O)CN2CCN(Cc3cc(C)ccc3C)S2(=O)=O)c1. The number of nitrogens with zero attached hydrogens (tertiary/aromatic N) is 2. The summed E-state index contributed by atoms with van der Waals surface area (Å²) in [6, 6.07) is 13.4. The number of benzene rings is 2. The van der Waals surface area contributed by atoms with E-state index in [1.54, 1.807) is 7.11 Å².